The Morgan fingerprint density at radius 3 is 2.48 bits per heavy atom. The number of carbonyl (C=O) groups is 1. The second kappa shape index (κ2) is 9.24. The highest BCUT2D eigenvalue weighted by atomic mass is 19.3. The third-order valence-corrected chi connectivity index (χ3v) is 5.99. The first-order valence-electron chi connectivity index (χ1n) is 10.8. The van der Waals surface area contributed by atoms with Crippen molar-refractivity contribution >= 4 is 17.4 Å². The van der Waals surface area contributed by atoms with Crippen LogP contribution in [-0.2, 0) is 9.53 Å². The Labute approximate surface area is 187 Å². The number of hydrogen-bond acceptors (Lipinski definition) is 4. The van der Waals surface area contributed by atoms with Crippen molar-refractivity contribution in [3.63, 3.8) is 0 Å². The average molecular weight is 469 g/mol. The molecule has 1 saturated carbocycles. The molecule has 1 aromatic carbocycles. The van der Waals surface area contributed by atoms with E-state index in [4.69, 9.17) is 4.74 Å². The van der Waals surface area contributed by atoms with E-state index in [2.05, 4.69) is 10.3 Å². The van der Waals surface area contributed by atoms with Gasteiger partial charge in [-0.15, -0.1) is 0 Å². The van der Waals surface area contributed by atoms with Gasteiger partial charge in [0.15, 0.2) is 0 Å². The predicted molar refractivity (Wildman–Crippen MR) is 112 cm³/mol. The molecule has 2 aromatic rings. The van der Waals surface area contributed by atoms with E-state index in [-0.39, 0.29) is 31.6 Å². The largest absolute Gasteiger partial charge is 0.372 e. The topological polar surface area (TPSA) is 54.5 Å². The van der Waals surface area contributed by atoms with Crippen LogP contribution in [0.2, 0.25) is 0 Å². The molecular weight excluding hydrogens is 445 g/mol. The fourth-order valence-corrected chi connectivity index (χ4v) is 4.34. The van der Waals surface area contributed by atoms with Crippen molar-refractivity contribution in [3.8, 4) is 0 Å². The number of pyridine rings is 1. The highest BCUT2D eigenvalue weighted by Crippen LogP contribution is 2.44. The zero-order valence-corrected chi connectivity index (χ0v) is 18.0. The van der Waals surface area contributed by atoms with Crippen molar-refractivity contribution in [1.29, 1.82) is 0 Å². The molecular formula is C23H24F5N3O2. The second-order valence-electron chi connectivity index (χ2n) is 8.68. The van der Waals surface area contributed by atoms with Gasteiger partial charge in [0.25, 0.3) is 0 Å². The summed E-state index contributed by atoms with van der Waals surface area (Å²) in [5.41, 5.74) is 0.764. The summed E-state index contributed by atoms with van der Waals surface area (Å²) in [6.07, 6.45) is -0.862. The summed E-state index contributed by atoms with van der Waals surface area (Å²) >= 11 is 0. The van der Waals surface area contributed by atoms with Gasteiger partial charge < -0.3 is 15.0 Å². The number of halogens is 5. The van der Waals surface area contributed by atoms with Gasteiger partial charge in [-0.25, -0.2) is 22.5 Å². The van der Waals surface area contributed by atoms with Crippen LogP contribution in [0.25, 0.3) is 0 Å². The molecule has 0 unspecified atom stereocenters. The molecule has 0 spiro atoms. The molecule has 1 atom stereocenters. The Kier molecular flexibility index (Phi) is 6.56. The van der Waals surface area contributed by atoms with Gasteiger partial charge in [-0.2, -0.15) is 4.39 Å². The van der Waals surface area contributed by atoms with Crippen molar-refractivity contribution in [2.24, 2.45) is 5.92 Å². The minimum atomic E-state index is -2.71. The van der Waals surface area contributed by atoms with E-state index in [1.807, 2.05) is 0 Å². The zero-order valence-electron chi connectivity index (χ0n) is 18.0. The van der Waals surface area contributed by atoms with Crippen LogP contribution in [0.3, 0.4) is 0 Å². The highest BCUT2D eigenvalue weighted by Gasteiger charge is 2.45. The number of nitrogens with zero attached hydrogens (tertiary/aromatic N) is 2. The number of benzene rings is 1. The molecule has 1 amide bonds. The molecule has 33 heavy (non-hydrogen) atoms. The molecule has 10 heteroatoms. The number of anilines is 2. The van der Waals surface area contributed by atoms with Crippen molar-refractivity contribution in [2.45, 2.75) is 44.6 Å². The van der Waals surface area contributed by atoms with Gasteiger partial charge in [0.2, 0.25) is 17.8 Å². The molecule has 1 N–H and O–H groups in total. The Bertz CT molecular complexity index is 997. The Hall–Kier alpha value is -2.75. The summed E-state index contributed by atoms with van der Waals surface area (Å²) in [6.45, 7) is 2.67. The van der Waals surface area contributed by atoms with Crippen LogP contribution in [0.5, 0.6) is 0 Å². The first-order chi connectivity index (χ1) is 15.6. The number of hydrogen-bond donors (Lipinski definition) is 1. The van der Waals surface area contributed by atoms with E-state index in [9.17, 15) is 26.7 Å². The number of amides is 1. The zero-order chi connectivity index (χ0) is 23.8. The lowest BCUT2D eigenvalue weighted by atomic mass is 9.79. The van der Waals surface area contributed by atoms with E-state index in [0.29, 0.717) is 36.5 Å². The predicted octanol–water partition coefficient (Wildman–Crippen LogP) is 5.15. The summed E-state index contributed by atoms with van der Waals surface area (Å²) in [5, 5.41) is 2.45. The SMILES string of the molecule is Cc1cc(N2CCO[C@@H](c3cc(F)cc(F)c3)CC2)nc(F)c1NC(=O)CC1CC(F)(F)C1. The maximum absolute atomic E-state index is 14.7. The minimum Gasteiger partial charge on any atom is -0.372 e. The molecule has 178 valence electrons. The summed E-state index contributed by atoms with van der Waals surface area (Å²) in [7, 11) is 0. The van der Waals surface area contributed by atoms with Gasteiger partial charge in [0.1, 0.15) is 17.5 Å². The van der Waals surface area contributed by atoms with E-state index >= 15 is 0 Å². The molecule has 2 aliphatic rings. The molecule has 0 radical (unpaired) electrons. The van der Waals surface area contributed by atoms with Crippen LogP contribution >= 0.6 is 0 Å². The molecule has 1 aliphatic carbocycles. The molecule has 5 nitrogen and oxygen atoms in total. The first-order valence-corrected chi connectivity index (χ1v) is 10.8. The average Bonchev–Trinajstić information content (AvgIpc) is 2.95. The standard InChI is InChI=1S/C23H24F5N3O2/c1-13-6-19(29-22(26)21(13)30-20(32)7-14-11-23(27,28)12-14)31-3-2-18(33-5-4-31)15-8-16(24)10-17(25)9-15/h6,8-10,14,18H,2-5,7,11-12H2,1H3,(H,30,32)/t18-/m1/s1. The van der Waals surface area contributed by atoms with E-state index in [1.54, 1.807) is 17.9 Å². The normalized spacial score (nSPS) is 20.8. The van der Waals surface area contributed by atoms with Crippen LogP contribution in [0.4, 0.5) is 33.5 Å². The first kappa shape index (κ1) is 23.4. The Morgan fingerprint density at radius 2 is 1.85 bits per heavy atom. The fourth-order valence-electron chi connectivity index (χ4n) is 4.34. The van der Waals surface area contributed by atoms with Gasteiger partial charge in [0.05, 0.1) is 18.4 Å². The van der Waals surface area contributed by atoms with Crippen LogP contribution in [0.1, 0.15) is 42.9 Å². The van der Waals surface area contributed by atoms with Gasteiger partial charge in [0, 0.05) is 38.4 Å². The van der Waals surface area contributed by atoms with Gasteiger partial charge >= 0.3 is 0 Å². The number of aromatic nitrogens is 1. The summed E-state index contributed by atoms with van der Waals surface area (Å²) in [5.74, 6) is -5.54. The molecule has 1 saturated heterocycles. The van der Waals surface area contributed by atoms with Crippen molar-refractivity contribution in [2.75, 3.05) is 29.9 Å². The number of ether oxygens (including phenoxy) is 1. The van der Waals surface area contributed by atoms with Crippen molar-refractivity contribution in [1.82, 2.24) is 4.98 Å². The lowest BCUT2D eigenvalue weighted by Crippen LogP contribution is -2.37. The quantitative estimate of drug-likeness (QED) is 0.486. The number of nitrogens with one attached hydrogen (secondary N) is 1. The number of carbonyl (C=O) groups excluding carboxylic acids is 1. The van der Waals surface area contributed by atoms with Crippen molar-refractivity contribution < 1.29 is 31.5 Å². The molecule has 0 bridgehead atoms. The monoisotopic (exact) mass is 469 g/mol. The van der Waals surface area contributed by atoms with Crippen LogP contribution in [0, 0.1) is 30.4 Å². The van der Waals surface area contributed by atoms with Crippen LogP contribution in [-0.4, -0.2) is 36.5 Å². The van der Waals surface area contributed by atoms with Crippen molar-refractivity contribution in [3.05, 3.63) is 53.0 Å². The Balaban J connectivity index is 1.40. The lowest BCUT2D eigenvalue weighted by molar-refractivity contribution is -0.129. The van der Waals surface area contributed by atoms with Gasteiger partial charge in [-0.1, -0.05) is 0 Å². The molecule has 1 aliphatic heterocycles. The van der Waals surface area contributed by atoms with Crippen LogP contribution < -0.4 is 10.2 Å². The van der Waals surface area contributed by atoms with E-state index < -0.39 is 41.4 Å². The minimum absolute atomic E-state index is 0.0750. The smallest absolute Gasteiger partial charge is 0.248 e. The van der Waals surface area contributed by atoms with E-state index in [1.165, 1.54) is 12.1 Å². The second-order valence-corrected chi connectivity index (χ2v) is 8.68. The van der Waals surface area contributed by atoms with E-state index in [0.717, 1.165) is 6.07 Å². The molecule has 1 aromatic heterocycles. The summed E-state index contributed by atoms with van der Waals surface area (Å²) in [6, 6.07) is 4.88. The highest BCUT2D eigenvalue weighted by molar-refractivity contribution is 5.91. The number of rotatable bonds is 5. The maximum Gasteiger partial charge on any atom is 0.248 e. The molecule has 2 fully saturated rings. The molecule has 4 rings (SSSR count). The fraction of sp³-hybridized carbons (Fsp3) is 0.478. The summed E-state index contributed by atoms with van der Waals surface area (Å²) < 4.78 is 73.5. The van der Waals surface area contributed by atoms with Gasteiger partial charge in [-0.3, -0.25) is 4.79 Å². The van der Waals surface area contributed by atoms with Gasteiger partial charge in [-0.05, 0) is 48.6 Å². The maximum atomic E-state index is 14.7. The summed E-state index contributed by atoms with van der Waals surface area (Å²) in [4.78, 5) is 17.9. The number of aryl methyl sites for hydroxylation is 1. The third-order valence-electron chi connectivity index (χ3n) is 5.99. The Morgan fingerprint density at radius 1 is 1.15 bits per heavy atom. The molecule has 2 heterocycles. The number of alkyl halides is 2. The third kappa shape index (κ3) is 5.61. The lowest BCUT2D eigenvalue weighted by Gasteiger charge is -2.34. The van der Waals surface area contributed by atoms with Crippen LogP contribution in [0.15, 0.2) is 24.3 Å².